The highest BCUT2D eigenvalue weighted by Crippen LogP contribution is 2.22. The van der Waals surface area contributed by atoms with Crippen molar-refractivity contribution >= 4 is 35.1 Å². The fourth-order valence-corrected chi connectivity index (χ4v) is 2.01. The van der Waals surface area contributed by atoms with E-state index in [0.29, 0.717) is 5.75 Å². The van der Waals surface area contributed by atoms with Gasteiger partial charge < -0.3 is 15.2 Å². The third kappa shape index (κ3) is 4.31. The molecular formula is C16H12ClNO5. The van der Waals surface area contributed by atoms with Crippen LogP contribution >= 0.6 is 11.6 Å². The van der Waals surface area contributed by atoms with Crippen molar-refractivity contribution < 1.29 is 24.2 Å². The number of benzene rings is 2. The van der Waals surface area contributed by atoms with Crippen LogP contribution in [0.25, 0.3) is 0 Å². The zero-order chi connectivity index (χ0) is 17.0. The Kier molecular flexibility index (Phi) is 4.98. The van der Waals surface area contributed by atoms with Gasteiger partial charge in [0.25, 0.3) is 5.91 Å². The summed E-state index contributed by atoms with van der Waals surface area (Å²) in [4.78, 5) is 34.2. The summed E-state index contributed by atoms with van der Waals surface area (Å²) >= 11 is 5.76. The van der Waals surface area contributed by atoms with Gasteiger partial charge in [0.1, 0.15) is 5.75 Å². The van der Waals surface area contributed by atoms with Gasteiger partial charge in [-0.25, -0.2) is 4.79 Å². The van der Waals surface area contributed by atoms with Crippen LogP contribution < -0.4 is 10.1 Å². The Labute approximate surface area is 136 Å². The Hall–Kier alpha value is -2.86. The number of carboxylic acids is 1. The molecule has 2 N–H and O–H groups in total. The lowest BCUT2D eigenvalue weighted by atomic mass is 10.1. The molecule has 0 saturated heterocycles. The molecule has 2 rings (SSSR count). The monoisotopic (exact) mass is 333 g/mol. The third-order valence-corrected chi connectivity index (χ3v) is 3.07. The first-order valence-corrected chi connectivity index (χ1v) is 6.87. The van der Waals surface area contributed by atoms with Gasteiger partial charge in [0.15, 0.2) is 0 Å². The van der Waals surface area contributed by atoms with E-state index in [4.69, 9.17) is 21.4 Å². The van der Waals surface area contributed by atoms with Crippen molar-refractivity contribution in [3.63, 3.8) is 0 Å². The van der Waals surface area contributed by atoms with E-state index in [0.717, 1.165) is 0 Å². The molecule has 0 aliphatic rings. The second-order valence-corrected chi connectivity index (χ2v) is 5.00. The zero-order valence-corrected chi connectivity index (χ0v) is 12.8. The Morgan fingerprint density at radius 1 is 1.09 bits per heavy atom. The van der Waals surface area contributed by atoms with Crippen molar-refractivity contribution in [1.82, 2.24) is 0 Å². The molecule has 0 aliphatic carbocycles. The lowest BCUT2D eigenvalue weighted by Gasteiger charge is -2.09. The average Bonchev–Trinajstić information content (AvgIpc) is 2.49. The zero-order valence-electron chi connectivity index (χ0n) is 12.0. The van der Waals surface area contributed by atoms with Gasteiger partial charge in [-0.3, -0.25) is 9.59 Å². The number of esters is 1. The van der Waals surface area contributed by atoms with E-state index < -0.39 is 17.8 Å². The van der Waals surface area contributed by atoms with Gasteiger partial charge in [-0.05, 0) is 42.5 Å². The molecule has 2 aromatic rings. The molecule has 23 heavy (non-hydrogen) atoms. The molecule has 0 aromatic heterocycles. The number of amides is 1. The number of nitrogens with one attached hydrogen (secondary N) is 1. The van der Waals surface area contributed by atoms with Crippen LogP contribution in [0.2, 0.25) is 5.02 Å². The molecule has 7 heteroatoms. The second-order valence-electron chi connectivity index (χ2n) is 4.57. The molecule has 2 aromatic carbocycles. The van der Waals surface area contributed by atoms with Gasteiger partial charge in [-0.1, -0.05) is 11.6 Å². The summed E-state index contributed by atoms with van der Waals surface area (Å²) in [7, 11) is 0. The van der Waals surface area contributed by atoms with E-state index in [2.05, 4.69) is 5.32 Å². The number of carbonyl (C=O) groups is 3. The maximum Gasteiger partial charge on any atom is 0.337 e. The second kappa shape index (κ2) is 6.93. The summed E-state index contributed by atoms with van der Waals surface area (Å²) in [5.74, 6) is -1.85. The van der Waals surface area contributed by atoms with Crippen molar-refractivity contribution in [2.45, 2.75) is 6.92 Å². The first-order chi connectivity index (χ1) is 10.9. The molecule has 0 heterocycles. The number of ether oxygens (including phenoxy) is 1. The fourth-order valence-electron chi connectivity index (χ4n) is 1.84. The molecule has 0 spiro atoms. The Bertz CT molecular complexity index is 771. The maximum absolute atomic E-state index is 12.2. The molecule has 0 unspecified atom stereocenters. The highest BCUT2D eigenvalue weighted by molar-refractivity contribution is 6.31. The normalized spacial score (nSPS) is 10.0. The topological polar surface area (TPSA) is 92.7 Å². The van der Waals surface area contributed by atoms with Crippen LogP contribution in [0.1, 0.15) is 27.6 Å². The van der Waals surface area contributed by atoms with E-state index in [1.165, 1.54) is 49.4 Å². The van der Waals surface area contributed by atoms with Crippen LogP contribution in [0.15, 0.2) is 42.5 Å². The Morgan fingerprint density at radius 2 is 1.74 bits per heavy atom. The van der Waals surface area contributed by atoms with Crippen LogP contribution in [0.5, 0.6) is 5.75 Å². The standard InChI is InChI=1S/C16H12ClNO5/c1-9(19)23-12-5-2-10(3-6-12)15(20)18-14-7-4-11(17)8-13(14)16(21)22/h2-8H,1H3,(H,18,20)(H,21,22). The van der Waals surface area contributed by atoms with Gasteiger partial charge in [0, 0.05) is 17.5 Å². The van der Waals surface area contributed by atoms with Crippen LogP contribution in [-0.2, 0) is 4.79 Å². The lowest BCUT2D eigenvalue weighted by Crippen LogP contribution is -2.14. The maximum atomic E-state index is 12.2. The summed E-state index contributed by atoms with van der Waals surface area (Å²) < 4.78 is 4.87. The van der Waals surface area contributed by atoms with Crippen molar-refractivity contribution in [2.24, 2.45) is 0 Å². The summed E-state index contributed by atoms with van der Waals surface area (Å²) in [6.45, 7) is 1.27. The first-order valence-electron chi connectivity index (χ1n) is 6.49. The van der Waals surface area contributed by atoms with E-state index in [9.17, 15) is 14.4 Å². The molecule has 0 radical (unpaired) electrons. The van der Waals surface area contributed by atoms with Gasteiger partial charge in [-0.15, -0.1) is 0 Å². The molecule has 0 aliphatic heterocycles. The summed E-state index contributed by atoms with van der Waals surface area (Å²) in [5, 5.41) is 11.9. The summed E-state index contributed by atoms with van der Waals surface area (Å²) in [5.41, 5.74) is 0.311. The van der Waals surface area contributed by atoms with Crippen molar-refractivity contribution in [1.29, 1.82) is 0 Å². The number of halogens is 1. The number of hydrogen-bond donors (Lipinski definition) is 2. The third-order valence-electron chi connectivity index (χ3n) is 2.84. The molecule has 0 saturated carbocycles. The van der Waals surface area contributed by atoms with Crippen molar-refractivity contribution in [3.8, 4) is 5.75 Å². The lowest BCUT2D eigenvalue weighted by molar-refractivity contribution is -0.131. The number of rotatable bonds is 4. The van der Waals surface area contributed by atoms with Gasteiger partial charge >= 0.3 is 11.9 Å². The molecule has 1 amide bonds. The fraction of sp³-hybridized carbons (Fsp3) is 0.0625. The van der Waals surface area contributed by atoms with Crippen molar-refractivity contribution in [3.05, 3.63) is 58.6 Å². The number of carboxylic acid groups (broad SMARTS) is 1. The highest BCUT2D eigenvalue weighted by atomic mass is 35.5. The summed E-state index contributed by atoms with van der Waals surface area (Å²) in [6, 6.07) is 10.0. The smallest absolute Gasteiger partial charge is 0.337 e. The predicted octanol–water partition coefficient (Wildman–Crippen LogP) is 3.22. The molecular weight excluding hydrogens is 322 g/mol. The largest absolute Gasteiger partial charge is 0.478 e. The van der Waals surface area contributed by atoms with Gasteiger partial charge in [0.05, 0.1) is 11.3 Å². The molecule has 6 nitrogen and oxygen atoms in total. The van der Waals surface area contributed by atoms with Gasteiger partial charge in [0.2, 0.25) is 0 Å². The van der Waals surface area contributed by atoms with Crippen LogP contribution in [-0.4, -0.2) is 23.0 Å². The number of aromatic carboxylic acids is 1. The van der Waals surface area contributed by atoms with Gasteiger partial charge in [-0.2, -0.15) is 0 Å². The predicted molar refractivity (Wildman–Crippen MR) is 84.1 cm³/mol. The van der Waals surface area contributed by atoms with Crippen LogP contribution in [0.3, 0.4) is 0 Å². The van der Waals surface area contributed by atoms with E-state index in [1.807, 2.05) is 0 Å². The number of carbonyl (C=O) groups excluding carboxylic acids is 2. The molecule has 118 valence electrons. The van der Waals surface area contributed by atoms with Crippen LogP contribution in [0.4, 0.5) is 5.69 Å². The number of anilines is 1. The minimum Gasteiger partial charge on any atom is -0.478 e. The quantitative estimate of drug-likeness (QED) is 0.662. The van der Waals surface area contributed by atoms with E-state index in [-0.39, 0.29) is 21.8 Å². The Morgan fingerprint density at radius 3 is 2.30 bits per heavy atom. The number of hydrogen-bond acceptors (Lipinski definition) is 4. The highest BCUT2D eigenvalue weighted by Gasteiger charge is 2.14. The van der Waals surface area contributed by atoms with Crippen LogP contribution in [0, 0.1) is 0 Å². The Balaban J connectivity index is 2.19. The summed E-state index contributed by atoms with van der Waals surface area (Å²) in [6.07, 6.45) is 0. The molecule has 0 bridgehead atoms. The first kappa shape index (κ1) is 16.5. The SMILES string of the molecule is CC(=O)Oc1ccc(C(=O)Nc2ccc(Cl)cc2C(=O)O)cc1. The molecule has 0 atom stereocenters. The minimum atomic E-state index is -1.20. The van der Waals surface area contributed by atoms with E-state index in [1.54, 1.807) is 0 Å². The molecule has 0 fully saturated rings. The van der Waals surface area contributed by atoms with E-state index >= 15 is 0 Å². The minimum absolute atomic E-state index is 0.109. The van der Waals surface area contributed by atoms with Crippen molar-refractivity contribution in [2.75, 3.05) is 5.32 Å². The average molecular weight is 334 g/mol.